The molecule has 0 spiro atoms. The highest BCUT2D eigenvalue weighted by Gasteiger charge is 2.24. The molecule has 2 heterocycles. The minimum Gasteiger partial charge on any atom is -0.304 e. The van der Waals surface area contributed by atoms with Gasteiger partial charge in [-0.05, 0) is 12.6 Å². The maximum Gasteiger partial charge on any atom is 0.244 e. The Morgan fingerprint density at radius 3 is 2.48 bits per heavy atom. The van der Waals surface area contributed by atoms with Crippen molar-refractivity contribution in [2.45, 2.75) is 12.8 Å². The van der Waals surface area contributed by atoms with Gasteiger partial charge in [0, 0.05) is 39.0 Å². The number of amides is 1. The van der Waals surface area contributed by atoms with Crippen LogP contribution in [-0.4, -0.2) is 66.3 Å². The molecule has 0 N–H and O–H groups in total. The molecular weight excluding hydrogens is 264 g/mol. The molecule has 3 rings (SSSR count). The summed E-state index contributed by atoms with van der Waals surface area (Å²) in [6.07, 6.45) is 1.30. The molecule has 5 heteroatoms. The van der Waals surface area contributed by atoms with Gasteiger partial charge < -0.3 is 4.90 Å². The second-order valence-electron chi connectivity index (χ2n) is 5.77. The SMILES string of the molecule is CN1CCN(CN2N=C(c3ccccc3)CCC2=O)CC1. The van der Waals surface area contributed by atoms with Crippen LogP contribution in [0.1, 0.15) is 18.4 Å². The van der Waals surface area contributed by atoms with E-state index in [0.717, 1.165) is 43.9 Å². The van der Waals surface area contributed by atoms with Crippen LogP contribution in [0.15, 0.2) is 35.4 Å². The number of hydrazone groups is 1. The number of carbonyl (C=O) groups excluding carboxylic acids is 1. The van der Waals surface area contributed by atoms with E-state index in [2.05, 4.69) is 34.1 Å². The second-order valence-corrected chi connectivity index (χ2v) is 5.77. The highest BCUT2D eigenvalue weighted by molar-refractivity contribution is 6.04. The van der Waals surface area contributed by atoms with E-state index in [-0.39, 0.29) is 5.91 Å². The molecule has 21 heavy (non-hydrogen) atoms. The van der Waals surface area contributed by atoms with Crippen LogP contribution in [0.3, 0.4) is 0 Å². The van der Waals surface area contributed by atoms with Gasteiger partial charge in [-0.25, -0.2) is 5.01 Å². The molecule has 1 aromatic carbocycles. The summed E-state index contributed by atoms with van der Waals surface area (Å²) in [4.78, 5) is 16.7. The predicted molar refractivity (Wildman–Crippen MR) is 83.0 cm³/mol. The summed E-state index contributed by atoms with van der Waals surface area (Å²) in [5, 5.41) is 6.24. The Bertz CT molecular complexity index is 520. The first-order valence-corrected chi connectivity index (χ1v) is 7.56. The fourth-order valence-corrected chi connectivity index (χ4v) is 2.73. The van der Waals surface area contributed by atoms with Gasteiger partial charge in [-0.2, -0.15) is 5.10 Å². The number of carbonyl (C=O) groups is 1. The van der Waals surface area contributed by atoms with Crippen molar-refractivity contribution in [2.75, 3.05) is 39.9 Å². The van der Waals surface area contributed by atoms with Crippen LogP contribution >= 0.6 is 0 Å². The van der Waals surface area contributed by atoms with Gasteiger partial charge in [-0.1, -0.05) is 30.3 Å². The Morgan fingerprint density at radius 1 is 1.05 bits per heavy atom. The van der Waals surface area contributed by atoms with Gasteiger partial charge in [0.1, 0.15) is 0 Å². The summed E-state index contributed by atoms with van der Waals surface area (Å²) < 4.78 is 0. The molecule has 1 aromatic rings. The number of hydrogen-bond acceptors (Lipinski definition) is 4. The van der Waals surface area contributed by atoms with Gasteiger partial charge in [-0.3, -0.25) is 9.69 Å². The average Bonchev–Trinajstić information content (AvgIpc) is 2.52. The van der Waals surface area contributed by atoms with E-state index in [1.807, 2.05) is 18.2 Å². The molecule has 1 fully saturated rings. The molecule has 112 valence electrons. The van der Waals surface area contributed by atoms with E-state index < -0.39 is 0 Å². The van der Waals surface area contributed by atoms with Crippen molar-refractivity contribution in [2.24, 2.45) is 5.10 Å². The Hall–Kier alpha value is -1.72. The minimum absolute atomic E-state index is 0.133. The summed E-state index contributed by atoms with van der Waals surface area (Å²) in [6.45, 7) is 4.71. The molecule has 1 amide bonds. The van der Waals surface area contributed by atoms with Crippen molar-refractivity contribution in [1.82, 2.24) is 14.8 Å². The van der Waals surface area contributed by atoms with E-state index in [1.165, 1.54) is 0 Å². The summed E-state index contributed by atoms with van der Waals surface area (Å²) in [7, 11) is 2.13. The van der Waals surface area contributed by atoms with Crippen molar-refractivity contribution >= 4 is 11.6 Å². The highest BCUT2D eigenvalue weighted by Crippen LogP contribution is 2.16. The van der Waals surface area contributed by atoms with Gasteiger partial charge in [0.25, 0.3) is 0 Å². The maximum absolute atomic E-state index is 12.1. The molecular formula is C16H22N4O. The van der Waals surface area contributed by atoms with E-state index in [1.54, 1.807) is 5.01 Å². The van der Waals surface area contributed by atoms with E-state index in [4.69, 9.17) is 0 Å². The quantitative estimate of drug-likeness (QED) is 0.838. The third kappa shape index (κ3) is 3.49. The van der Waals surface area contributed by atoms with Gasteiger partial charge in [0.15, 0.2) is 0 Å². The number of rotatable bonds is 3. The molecule has 0 aromatic heterocycles. The fraction of sp³-hybridized carbons (Fsp3) is 0.500. The van der Waals surface area contributed by atoms with Crippen LogP contribution in [-0.2, 0) is 4.79 Å². The lowest BCUT2D eigenvalue weighted by Gasteiger charge is -2.35. The van der Waals surface area contributed by atoms with Crippen LogP contribution in [0, 0.1) is 0 Å². The van der Waals surface area contributed by atoms with E-state index in [0.29, 0.717) is 13.1 Å². The van der Waals surface area contributed by atoms with Crippen LogP contribution in [0.5, 0.6) is 0 Å². The van der Waals surface area contributed by atoms with Crippen LogP contribution in [0.25, 0.3) is 0 Å². The summed E-state index contributed by atoms with van der Waals surface area (Å²) in [5.41, 5.74) is 2.14. The lowest BCUT2D eigenvalue weighted by molar-refractivity contribution is -0.134. The maximum atomic E-state index is 12.1. The molecule has 0 aliphatic carbocycles. The van der Waals surface area contributed by atoms with Crippen LogP contribution in [0.2, 0.25) is 0 Å². The first kappa shape index (κ1) is 14.2. The van der Waals surface area contributed by atoms with Crippen LogP contribution in [0.4, 0.5) is 0 Å². The lowest BCUT2D eigenvalue weighted by Crippen LogP contribution is -2.49. The Labute approximate surface area is 125 Å². The zero-order valence-electron chi connectivity index (χ0n) is 12.5. The molecule has 0 unspecified atom stereocenters. The standard InChI is InChI=1S/C16H22N4O/c1-18-9-11-19(12-10-18)13-20-16(21)8-7-15(17-20)14-5-3-2-4-6-14/h2-6H,7-13H2,1H3. The Kier molecular flexibility index (Phi) is 4.31. The van der Waals surface area contributed by atoms with Crippen LogP contribution < -0.4 is 0 Å². The smallest absolute Gasteiger partial charge is 0.244 e. The third-order valence-corrected chi connectivity index (χ3v) is 4.14. The third-order valence-electron chi connectivity index (χ3n) is 4.14. The molecule has 0 bridgehead atoms. The molecule has 0 radical (unpaired) electrons. The lowest BCUT2D eigenvalue weighted by atomic mass is 10.0. The Morgan fingerprint density at radius 2 is 1.76 bits per heavy atom. The van der Waals surface area contributed by atoms with Gasteiger partial charge in [-0.15, -0.1) is 0 Å². The van der Waals surface area contributed by atoms with Gasteiger partial charge >= 0.3 is 0 Å². The van der Waals surface area contributed by atoms with Crippen molar-refractivity contribution in [3.8, 4) is 0 Å². The molecule has 2 aliphatic rings. The molecule has 2 aliphatic heterocycles. The number of hydrogen-bond donors (Lipinski definition) is 0. The number of benzene rings is 1. The van der Waals surface area contributed by atoms with Gasteiger partial charge in [0.05, 0.1) is 12.4 Å². The molecule has 1 saturated heterocycles. The monoisotopic (exact) mass is 286 g/mol. The number of likely N-dealkylation sites (N-methyl/N-ethyl adjacent to an activating group) is 1. The minimum atomic E-state index is 0.133. The van der Waals surface area contributed by atoms with Crippen molar-refractivity contribution in [3.63, 3.8) is 0 Å². The fourth-order valence-electron chi connectivity index (χ4n) is 2.73. The molecule has 0 atom stereocenters. The number of piperazine rings is 1. The van der Waals surface area contributed by atoms with Crippen molar-refractivity contribution in [3.05, 3.63) is 35.9 Å². The van der Waals surface area contributed by atoms with Gasteiger partial charge in [0.2, 0.25) is 5.91 Å². The molecule has 0 saturated carbocycles. The first-order chi connectivity index (χ1) is 10.2. The highest BCUT2D eigenvalue weighted by atomic mass is 16.2. The summed E-state index contributed by atoms with van der Waals surface area (Å²) in [6, 6.07) is 10.1. The molecule has 5 nitrogen and oxygen atoms in total. The largest absolute Gasteiger partial charge is 0.304 e. The van der Waals surface area contributed by atoms with Crippen molar-refractivity contribution < 1.29 is 4.79 Å². The summed E-state index contributed by atoms with van der Waals surface area (Å²) in [5.74, 6) is 0.133. The predicted octanol–water partition coefficient (Wildman–Crippen LogP) is 1.22. The second kappa shape index (κ2) is 6.37. The average molecular weight is 286 g/mol. The topological polar surface area (TPSA) is 39.1 Å². The van der Waals surface area contributed by atoms with E-state index >= 15 is 0 Å². The summed E-state index contributed by atoms with van der Waals surface area (Å²) >= 11 is 0. The Balaban J connectivity index is 1.70. The number of nitrogens with zero attached hydrogens (tertiary/aromatic N) is 4. The van der Waals surface area contributed by atoms with E-state index in [9.17, 15) is 4.79 Å². The zero-order valence-corrected chi connectivity index (χ0v) is 12.5. The normalized spacial score (nSPS) is 21.5. The van der Waals surface area contributed by atoms with Crippen molar-refractivity contribution in [1.29, 1.82) is 0 Å². The zero-order chi connectivity index (χ0) is 14.7. The first-order valence-electron chi connectivity index (χ1n) is 7.56.